The normalized spacial score (nSPS) is 21.7. The predicted molar refractivity (Wildman–Crippen MR) is 146 cm³/mol. The number of rotatable bonds is 6. The third kappa shape index (κ3) is 5.94. The molecule has 2 aliphatic heterocycles. The van der Waals surface area contributed by atoms with Crippen LogP contribution in [0, 0.1) is 23.5 Å². The number of likely N-dealkylation sites (N-methyl/N-ethyl adjacent to an activating group) is 1. The van der Waals surface area contributed by atoms with E-state index in [4.69, 9.17) is 16.3 Å². The van der Waals surface area contributed by atoms with E-state index in [1.165, 1.54) is 41.3 Å². The molecule has 10 heteroatoms. The van der Waals surface area contributed by atoms with Crippen LogP contribution in [0.15, 0.2) is 42.5 Å². The van der Waals surface area contributed by atoms with Crippen LogP contribution in [0.2, 0.25) is 5.02 Å². The molecule has 2 atom stereocenters. The largest absolute Gasteiger partial charge is 0.415 e. The van der Waals surface area contributed by atoms with E-state index in [0.717, 1.165) is 19.3 Å². The molecule has 3 amide bonds. The number of carbonyl (C=O) groups is 3. The van der Waals surface area contributed by atoms with Gasteiger partial charge in [0.15, 0.2) is 0 Å². The lowest BCUT2D eigenvalue weighted by Crippen LogP contribution is -2.48. The van der Waals surface area contributed by atoms with Crippen LogP contribution in [0.3, 0.4) is 0 Å². The second-order valence-electron chi connectivity index (χ2n) is 10.9. The van der Waals surface area contributed by atoms with Gasteiger partial charge in [-0.1, -0.05) is 24.1 Å². The second kappa shape index (κ2) is 12.1. The standard InChI is InChI=1S/C30H34ClF2N3O4/c1-2-36(30(39)40-23-9-7-22(32)8-10-23)27-18-35(17-24(27)21-6-11-25(31)26(33)16-21)29(38)20-12-14-34(15-13-20)28(37)19-4-3-5-19/h6-11,16,19-20,24,27H,2-5,12-15,17-18H2,1H3/t24-,27+/m0/s1. The Labute approximate surface area is 238 Å². The summed E-state index contributed by atoms with van der Waals surface area (Å²) < 4.78 is 33.3. The van der Waals surface area contributed by atoms with Gasteiger partial charge in [-0.2, -0.15) is 0 Å². The van der Waals surface area contributed by atoms with E-state index in [9.17, 15) is 23.2 Å². The Hall–Kier alpha value is -3.20. The van der Waals surface area contributed by atoms with Crippen molar-refractivity contribution in [3.05, 3.63) is 64.7 Å². The zero-order valence-corrected chi connectivity index (χ0v) is 23.3. The minimum Gasteiger partial charge on any atom is -0.410 e. The fourth-order valence-electron chi connectivity index (χ4n) is 6.03. The molecule has 2 saturated heterocycles. The van der Waals surface area contributed by atoms with E-state index in [1.807, 2.05) is 11.8 Å². The lowest BCUT2D eigenvalue weighted by Gasteiger charge is -2.37. The number of benzene rings is 2. The van der Waals surface area contributed by atoms with Gasteiger partial charge in [-0.05, 0) is 74.6 Å². The Kier molecular flexibility index (Phi) is 8.59. The number of carbonyl (C=O) groups excluding carboxylic acids is 3. The molecule has 1 aliphatic carbocycles. The van der Waals surface area contributed by atoms with Crippen molar-refractivity contribution in [3.8, 4) is 5.75 Å². The molecule has 2 aromatic carbocycles. The van der Waals surface area contributed by atoms with E-state index in [0.29, 0.717) is 44.6 Å². The van der Waals surface area contributed by atoms with Crippen molar-refractivity contribution < 1.29 is 27.9 Å². The van der Waals surface area contributed by atoms with Crippen LogP contribution >= 0.6 is 11.6 Å². The summed E-state index contributed by atoms with van der Waals surface area (Å²) in [4.78, 5) is 44.8. The highest BCUT2D eigenvalue weighted by Crippen LogP contribution is 2.36. The Morgan fingerprint density at radius 3 is 2.17 bits per heavy atom. The number of hydrogen-bond acceptors (Lipinski definition) is 4. The zero-order valence-electron chi connectivity index (χ0n) is 22.5. The average molecular weight is 574 g/mol. The van der Waals surface area contributed by atoms with Gasteiger partial charge < -0.3 is 19.4 Å². The molecule has 0 radical (unpaired) electrons. The quantitative estimate of drug-likeness (QED) is 0.459. The number of ether oxygens (including phenoxy) is 1. The highest BCUT2D eigenvalue weighted by molar-refractivity contribution is 6.30. The van der Waals surface area contributed by atoms with Gasteiger partial charge in [-0.15, -0.1) is 0 Å². The van der Waals surface area contributed by atoms with Gasteiger partial charge in [0.2, 0.25) is 11.8 Å². The van der Waals surface area contributed by atoms with Crippen molar-refractivity contribution in [1.82, 2.24) is 14.7 Å². The fourth-order valence-corrected chi connectivity index (χ4v) is 6.15. The maximum Gasteiger partial charge on any atom is 0.415 e. The first-order valence-electron chi connectivity index (χ1n) is 14.0. The van der Waals surface area contributed by atoms with Crippen molar-refractivity contribution in [2.24, 2.45) is 11.8 Å². The molecule has 0 aromatic heterocycles. The monoisotopic (exact) mass is 573 g/mol. The number of likely N-dealkylation sites (tertiary alicyclic amines) is 2. The SMILES string of the molecule is CCN(C(=O)Oc1ccc(F)cc1)[C@@H]1CN(C(=O)C2CCN(C(=O)C3CCC3)CC2)C[C@H]1c1ccc(Cl)c(F)c1. The molecule has 0 bridgehead atoms. The Balaban J connectivity index is 1.31. The molecular formula is C30H34ClF2N3O4. The highest BCUT2D eigenvalue weighted by Gasteiger charge is 2.44. The number of nitrogens with zero attached hydrogens (tertiary/aromatic N) is 3. The molecule has 5 rings (SSSR count). The Morgan fingerprint density at radius 1 is 0.925 bits per heavy atom. The molecule has 1 saturated carbocycles. The summed E-state index contributed by atoms with van der Waals surface area (Å²) in [5, 5.41) is -0.00231. The van der Waals surface area contributed by atoms with E-state index in [-0.39, 0.29) is 46.9 Å². The summed E-state index contributed by atoms with van der Waals surface area (Å²) in [6.45, 7) is 3.82. The van der Waals surface area contributed by atoms with Crippen molar-refractivity contribution >= 4 is 29.5 Å². The lowest BCUT2D eigenvalue weighted by molar-refractivity contribution is -0.143. The Morgan fingerprint density at radius 2 is 1.57 bits per heavy atom. The molecule has 40 heavy (non-hydrogen) atoms. The zero-order chi connectivity index (χ0) is 28.4. The Bertz CT molecular complexity index is 1250. The maximum atomic E-state index is 14.5. The van der Waals surface area contributed by atoms with Gasteiger partial charge in [-0.25, -0.2) is 13.6 Å². The number of amides is 3. The van der Waals surface area contributed by atoms with Crippen LogP contribution in [0.4, 0.5) is 13.6 Å². The van der Waals surface area contributed by atoms with E-state index < -0.39 is 23.8 Å². The lowest BCUT2D eigenvalue weighted by atomic mass is 9.83. The molecule has 0 unspecified atom stereocenters. The number of halogens is 3. The van der Waals surface area contributed by atoms with Gasteiger partial charge in [0.1, 0.15) is 17.4 Å². The summed E-state index contributed by atoms with van der Waals surface area (Å²) in [7, 11) is 0. The maximum absolute atomic E-state index is 14.5. The average Bonchev–Trinajstić information content (AvgIpc) is 3.35. The summed E-state index contributed by atoms with van der Waals surface area (Å²) >= 11 is 5.93. The number of piperidine rings is 1. The smallest absolute Gasteiger partial charge is 0.410 e. The molecule has 2 heterocycles. The van der Waals surface area contributed by atoms with E-state index >= 15 is 0 Å². The van der Waals surface area contributed by atoms with Gasteiger partial charge in [0, 0.05) is 50.5 Å². The van der Waals surface area contributed by atoms with Crippen molar-refractivity contribution in [2.75, 3.05) is 32.7 Å². The molecule has 2 aromatic rings. The molecule has 7 nitrogen and oxygen atoms in total. The summed E-state index contributed by atoms with van der Waals surface area (Å²) in [6.07, 6.45) is 3.59. The van der Waals surface area contributed by atoms with Crippen LogP contribution in [0.5, 0.6) is 5.75 Å². The van der Waals surface area contributed by atoms with Crippen LogP contribution in [0.25, 0.3) is 0 Å². The van der Waals surface area contributed by atoms with Crippen LogP contribution in [-0.2, 0) is 9.59 Å². The summed E-state index contributed by atoms with van der Waals surface area (Å²) in [6, 6.07) is 9.26. The minimum atomic E-state index is -0.629. The third-order valence-corrected chi connectivity index (χ3v) is 8.88. The first-order valence-corrected chi connectivity index (χ1v) is 14.4. The van der Waals surface area contributed by atoms with Crippen LogP contribution in [0.1, 0.15) is 50.5 Å². The minimum absolute atomic E-state index is 0.00231. The van der Waals surface area contributed by atoms with Crippen LogP contribution < -0.4 is 4.74 Å². The van der Waals surface area contributed by atoms with Gasteiger partial charge in [0.25, 0.3) is 0 Å². The van der Waals surface area contributed by atoms with Gasteiger partial charge >= 0.3 is 6.09 Å². The topological polar surface area (TPSA) is 70.2 Å². The number of hydrogen-bond donors (Lipinski definition) is 0. The molecule has 3 fully saturated rings. The van der Waals surface area contributed by atoms with Crippen LogP contribution in [-0.4, -0.2) is 71.4 Å². The molecule has 0 spiro atoms. The molecule has 214 valence electrons. The van der Waals surface area contributed by atoms with Gasteiger partial charge in [-0.3, -0.25) is 9.59 Å². The fraction of sp³-hybridized carbons (Fsp3) is 0.500. The molecule has 3 aliphatic rings. The summed E-state index contributed by atoms with van der Waals surface area (Å²) in [5.41, 5.74) is 0.635. The van der Waals surface area contributed by atoms with Crippen molar-refractivity contribution in [3.63, 3.8) is 0 Å². The predicted octanol–water partition coefficient (Wildman–Crippen LogP) is 5.47. The van der Waals surface area contributed by atoms with E-state index in [1.54, 1.807) is 11.0 Å². The van der Waals surface area contributed by atoms with Crippen molar-refractivity contribution in [1.29, 1.82) is 0 Å². The van der Waals surface area contributed by atoms with Gasteiger partial charge in [0.05, 0.1) is 11.1 Å². The summed E-state index contributed by atoms with van der Waals surface area (Å²) in [5.74, 6) is -1.05. The molecular weight excluding hydrogens is 540 g/mol. The third-order valence-electron chi connectivity index (χ3n) is 8.58. The van der Waals surface area contributed by atoms with Crippen molar-refractivity contribution in [2.45, 2.75) is 51.0 Å². The first kappa shape index (κ1) is 28.3. The highest BCUT2D eigenvalue weighted by atomic mass is 35.5. The first-order chi connectivity index (χ1) is 19.2. The molecule has 0 N–H and O–H groups in total. The van der Waals surface area contributed by atoms with E-state index in [2.05, 4.69) is 0 Å². The second-order valence-corrected chi connectivity index (χ2v) is 11.3.